The van der Waals surface area contributed by atoms with Gasteiger partial charge in [0.25, 0.3) is 5.91 Å². The minimum absolute atomic E-state index is 0.225. The van der Waals surface area contributed by atoms with Gasteiger partial charge in [0.2, 0.25) is 5.75 Å². The lowest BCUT2D eigenvalue weighted by Crippen LogP contribution is -2.23. The van der Waals surface area contributed by atoms with Gasteiger partial charge >= 0.3 is 0 Å². The van der Waals surface area contributed by atoms with Gasteiger partial charge in [0.15, 0.2) is 11.5 Å². The lowest BCUT2D eigenvalue weighted by molar-refractivity contribution is 0.0949. The van der Waals surface area contributed by atoms with Crippen LogP contribution in [-0.2, 0) is 6.54 Å². The molecule has 0 aliphatic heterocycles. The Balaban J connectivity index is 1.77. The van der Waals surface area contributed by atoms with E-state index >= 15 is 0 Å². The molecule has 0 radical (unpaired) electrons. The van der Waals surface area contributed by atoms with Crippen LogP contribution >= 0.6 is 0 Å². The van der Waals surface area contributed by atoms with Crippen molar-refractivity contribution in [2.45, 2.75) is 46.1 Å². The summed E-state index contributed by atoms with van der Waals surface area (Å²) >= 11 is 0. The molecule has 7 nitrogen and oxygen atoms in total. The standard InChI is InChI=1S/C21H27N3O4/c1-4-26-18-9-15(10-19(27-5-2)20(18)28-6-3)21(25)22-12-16-11-17(14-7-8-14)24-13-23-16/h9-11,13-14H,4-8,12H2,1-3H3,(H,22,25). The first-order valence-corrected chi connectivity index (χ1v) is 9.81. The van der Waals surface area contributed by atoms with Crippen molar-refractivity contribution in [3.8, 4) is 17.2 Å². The van der Waals surface area contributed by atoms with Crippen molar-refractivity contribution in [3.63, 3.8) is 0 Å². The number of rotatable bonds is 10. The van der Waals surface area contributed by atoms with E-state index < -0.39 is 0 Å². The van der Waals surface area contributed by atoms with E-state index in [-0.39, 0.29) is 5.91 Å². The van der Waals surface area contributed by atoms with Crippen molar-refractivity contribution >= 4 is 5.91 Å². The van der Waals surface area contributed by atoms with Crippen molar-refractivity contribution in [2.24, 2.45) is 0 Å². The van der Waals surface area contributed by atoms with Crippen molar-refractivity contribution in [3.05, 3.63) is 41.5 Å². The van der Waals surface area contributed by atoms with Crippen LogP contribution in [0.1, 0.15) is 61.3 Å². The van der Waals surface area contributed by atoms with E-state index in [0.29, 0.717) is 55.1 Å². The number of benzene rings is 1. The fourth-order valence-electron chi connectivity index (χ4n) is 2.91. The molecule has 1 heterocycles. The second-order valence-corrected chi connectivity index (χ2v) is 6.49. The topological polar surface area (TPSA) is 82.6 Å². The Hall–Kier alpha value is -2.83. The summed E-state index contributed by atoms with van der Waals surface area (Å²) in [6, 6.07) is 5.33. The van der Waals surface area contributed by atoms with Gasteiger partial charge in [-0.1, -0.05) is 0 Å². The SMILES string of the molecule is CCOc1cc(C(=O)NCc2cc(C3CC3)ncn2)cc(OCC)c1OCC. The molecule has 1 aliphatic rings. The van der Waals surface area contributed by atoms with Crippen LogP contribution in [0.4, 0.5) is 0 Å². The number of hydrogen-bond acceptors (Lipinski definition) is 6. The lowest BCUT2D eigenvalue weighted by atomic mass is 10.1. The molecule has 150 valence electrons. The molecule has 1 amide bonds. The normalized spacial score (nSPS) is 13.1. The molecular formula is C21H27N3O4. The summed E-state index contributed by atoms with van der Waals surface area (Å²) < 4.78 is 17.0. The van der Waals surface area contributed by atoms with Crippen LogP contribution in [0.3, 0.4) is 0 Å². The molecule has 0 unspecified atom stereocenters. The average Bonchev–Trinajstić information content (AvgIpc) is 3.54. The van der Waals surface area contributed by atoms with E-state index in [1.165, 1.54) is 12.8 Å². The average molecular weight is 385 g/mol. The third-order valence-electron chi connectivity index (χ3n) is 4.34. The van der Waals surface area contributed by atoms with Crippen LogP contribution in [0, 0.1) is 0 Å². The van der Waals surface area contributed by atoms with Gasteiger partial charge in [-0.2, -0.15) is 0 Å². The first-order chi connectivity index (χ1) is 13.7. The van der Waals surface area contributed by atoms with Crippen LogP contribution in [0.15, 0.2) is 24.5 Å². The highest BCUT2D eigenvalue weighted by atomic mass is 16.5. The maximum absolute atomic E-state index is 12.7. The van der Waals surface area contributed by atoms with Gasteiger partial charge in [0.05, 0.1) is 32.1 Å². The predicted octanol–water partition coefficient (Wildman–Crippen LogP) is 3.48. The fourth-order valence-corrected chi connectivity index (χ4v) is 2.91. The van der Waals surface area contributed by atoms with E-state index in [1.807, 2.05) is 26.8 Å². The van der Waals surface area contributed by atoms with Crippen LogP contribution in [0.25, 0.3) is 0 Å². The third-order valence-corrected chi connectivity index (χ3v) is 4.34. The molecule has 1 aromatic heterocycles. The molecule has 1 fully saturated rings. The van der Waals surface area contributed by atoms with E-state index in [0.717, 1.165) is 11.4 Å². The number of aromatic nitrogens is 2. The third kappa shape index (κ3) is 4.91. The molecule has 0 spiro atoms. The molecule has 28 heavy (non-hydrogen) atoms. The molecule has 0 saturated heterocycles. The zero-order valence-electron chi connectivity index (χ0n) is 16.7. The summed E-state index contributed by atoms with van der Waals surface area (Å²) in [5.74, 6) is 1.84. The molecule has 3 rings (SSSR count). The van der Waals surface area contributed by atoms with Crippen molar-refractivity contribution < 1.29 is 19.0 Å². The minimum atomic E-state index is -0.225. The van der Waals surface area contributed by atoms with Gasteiger partial charge in [-0.15, -0.1) is 0 Å². The number of ether oxygens (including phenoxy) is 3. The Kier molecular flexibility index (Phi) is 6.68. The molecular weight excluding hydrogens is 358 g/mol. The highest BCUT2D eigenvalue weighted by Gasteiger charge is 2.25. The zero-order valence-corrected chi connectivity index (χ0v) is 16.7. The smallest absolute Gasteiger partial charge is 0.251 e. The van der Waals surface area contributed by atoms with Gasteiger partial charge in [-0.3, -0.25) is 4.79 Å². The molecule has 1 N–H and O–H groups in total. The predicted molar refractivity (Wildman–Crippen MR) is 105 cm³/mol. The summed E-state index contributed by atoms with van der Waals surface area (Å²) in [5.41, 5.74) is 2.30. The summed E-state index contributed by atoms with van der Waals surface area (Å²) in [4.78, 5) is 21.3. The van der Waals surface area contributed by atoms with Crippen molar-refractivity contribution in [1.29, 1.82) is 0 Å². The Morgan fingerprint density at radius 3 is 2.21 bits per heavy atom. The minimum Gasteiger partial charge on any atom is -0.490 e. The molecule has 0 atom stereocenters. The monoisotopic (exact) mass is 385 g/mol. The van der Waals surface area contributed by atoms with E-state index in [2.05, 4.69) is 15.3 Å². The van der Waals surface area contributed by atoms with Gasteiger partial charge in [0.1, 0.15) is 6.33 Å². The number of nitrogens with one attached hydrogen (secondary N) is 1. The summed E-state index contributed by atoms with van der Waals surface area (Å²) in [6.45, 7) is 7.39. The number of carbonyl (C=O) groups excluding carboxylic acids is 1. The van der Waals surface area contributed by atoms with Gasteiger partial charge in [-0.25, -0.2) is 9.97 Å². The summed E-state index contributed by atoms with van der Waals surface area (Å²) in [5, 5.41) is 2.91. The molecule has 1 saturated carbocycles. The van der Waals surface area contributed by atoms with E-state index in [9.17, 15) is 4.79 Å². The molecule has 1 aromatic carbocycles. The van der Waals surface area contributed by atoms with Crippen molar-refractivity contribution in [1.82, 2.24) is 15.3 Å². The Morgan fingerprint density at radius 2 is 1.64 bits per heavy atom. The first kappa shape index (κ1) is 19.9. The number of amides is 1. The van der Waals surface area contributed by atoms with E-state index in [1.54, 1.807) is 18.5 Å². The molecule has 1 aliphatic carbocycles. The van der Waals surface area contributed by atoms with Crippen LogP contribution in [0.5, 0.6) is 17.2 Å². The number of hydrogen-bond donors (Lipinski definition) is 1. The second-order valence-electron chi connectivity index (χ2n) is 6.49. The largest absolute Gasteiger partial charge is 0.490 e. The number of nitrogens with zero attached hydrogens (tertiary/aromatic N) is 2. The Morgan fingerprint density at radius 1 is 1.00 bits per heavy atom. The van der Waals surface area contributed by atoms with Gasteiger partial charge in [0, 0.05) is 17.2 Å². The highest BCUT2D eigenvalue weighted by Crippen LogP contribution is 2.39. The van der Waals surface area contributed by atoms with Crippen molar-refractivity contribution in [2.75, 3.05) is 19.8 Å². The molecule has 7 heteroatoms. The quantitative estimate of drug-likeness (QED) is 0.674. The second kappa shape index (κ2) is 9.39. The Bertz CT molecular complexity index is 794. The number of carbonyl (C=O) groups is 1. The van der Waals surface area contributed by atoms with Gasteiger partial charge < -0.3 is 19.5 Å². The lowest BCUT2D eigenvalue weighted by Gasteiger charge is -2.17. The first-order valence-electron chi connectivity index (χ1n) is 9.81. The highest BCUT2D eigenvalue weighted by molar-refractivity contribution is 5.95. The summed E-state index contributed by atoms with van der Waals surface area (Å²) in [6.07, 6.45) is 3.91. The van der Waals surface area contributed by atoms with Crippen LogP contribution < -0.4 is 19.5 Å². The summed E-state index contributed by atoms with van der Waals surface area (Å²) in [7, 11) is 0. The van der Waals surface area contributed by atoms with Crippen LogP contribution in [-0.4, -0.2) is 35.7 Å². The van der Waals surface area contributed by atoms with Crippen LogP contribution in [0.2, 0.25) is 0 Å². The van der Waals surface area contributed by atoms with Gasteiger partial charge in [-0.05, 0) is 51.8 Å². The molecule has 0 bridgehead atoms. The maximum Gasteiger partial charge on any atom is 0.251 e. The Labute approximate surface area is 165 Å². The maximum atomic E-state index is 12.7. The molecule has 2 aromatic rings. The van der Waals surface area contributed by atoms with E-state index in [4.69, 9.17) is 14.2 Å². The zero-order chi connectivity index (χ0) is 19.9. The fraction of sp³-hybridized carbons (Fsp3) is 0.476.